The van der Waals surface area contributed by atoms with E-state index in [1.165, 1.54) is 28.4 Å². The first-order valence-corrected chi connectivity index (χ1v) is 10.6. The number of amides is 3. The molecule has 166 valence electrons. The maximum Gasteiger partial charge on any atom is 0.325 e. The number of nitrogens with zero attached hydrogens (tertiary/aromatic N) is 4. The van der Waals surface area contributed by atoms with E-state index in [0.717, 1.165) is 16.6 Å². The first-order valence-electron chi connectivity index (χ1n) is 9.83. The minimum absolute atomic E-state index is 0.0623. The lowest BCUT2D eigenvalue weighted by Crippen LogP contribution is -2.46. The zero-order chi connectivity index (χ0) is 22.9. The maximum absolute atomic E-state index is 14.4. The highest BCUT2D eigenvalue weighted by Gasteiger charge is 2.45. The van der Waals surface area contributed by atoms with Crippen LogP contribution in [0.3, 0.4) is 0 Å². The fraction of sp³-hybridized carbons (Fsp3) is 0.286. The van der Waals surface area contributed by atoms with E-state index in [2.05, 4.69) is 25.6 Å². The van der Waals surface area contributed by atoms with Crippen molar-refractivity contribution in [3.05, 3.63) is 58.7 Å². The largest absolute Gasteiger partial charge is 0.352 e. The van der Waals surface area contributed by atoms with Gasteiger partial charge in [-0.3, -0.25) is 10.1 Å². The van der Waals surface area contributed by atoms with Gasteiger partial charge in [0, 0.05) is 30.6 Å². The summed E-state index contributed by atoms with van der Waals surface area (Å²) in [5.41, 5.74) is 0.0295. The van der Waals surface area contributed by atoms with E-state index >= 15 is 0 Å². The molecule has 3 heterocycles. The van der Waals surface area contributed by atoms with Crippen LogP contribution in [-0.2, 0) is 11.2 Å². The summed E-state index contributed by atoms with van der Waals surface area (Å²) < 4.78 is 27.4. The highest BCUT2D eigenvalue weighted by molar-refractivity contribution is 7.15. The van der Waals surface area contributed by atoms with Crippen LogP contribution in [0.2, 0.25) is 0 Å². The Hall–Kier alpha value is -3.47. The lowest BCUT2D eigenvalue weighted by atomic mass is 10.0. The van der Waals surface area contributed by atoms with Crippen LogP contribution in [0.15, 0.2) is 36.7 Å². The minimum Gasteiger partial charge on any atom is -0.352 e. The van der Waals surface area contributed by atoms with Crippen molar-refractivity contribution in [2.24, 2.45) is 0 Å². The van der Waals surface area contributed by atoms with Gasteiger partial charge < -0.3 is 10.2 Å². The van der Waals surface area contributed by atoms with Gasteiger partial charge in [-0.1, -0.05) is 12.1 Å². The van der Waals surface area contributed by atoms with E-state index in [-0.39, 0.29) is 36.5 Å². The van der Waals surface area contributed by atoms with Crippen molar-refractivity contribution in [2.45, 2.75) is 25.8 Å². The molecule has 2 aromatic heterocycles. The molecule has 1 aromatic carbocycles. The summed E-state index contributed by atoms with van der Waals surface area (Å²) in [4.78, 5) is 38.5. The second-order valence-corrected chi connectivity index (χ2v) is 8.84. The number of halogens is 2. The summed E-state index contributed by atoms with van der Waals surface area (Å²) in [5.74, 6) is -1.09. The van der Waals surface area contributed by atoms with Crippen molar-refractivity contribution >= 4 is 29.2 Å². The van der Waals surface area contributed by atoms with Crippen LogP contribution < -0.4 is 10.6 Å². The average Bonchev–Trinajstić information content (AvgIpc) is 3.28. The highest BCUT2D eigenvalue weighted by Crippen LogP contribution is 2.28. The number of aromatic nitrogens is 3. The number of hydrogen-bond acceptors (Lipinski definition) is 7. The third-order valence-corrected chi connectivity index (χ3v) is 6.11. The number of thiazole rings is 1. The summed E-state index contributed by atoms with van der Waals surface area (Å²) >= 11 is 1.29. The van der Waals surface area contributed by atoms with E-state index in [0.29, 0.717) is 11.4 Å². The van der Waals surface area contributed by atoms with Gasteiger partial charge >= 0.3 is 6.03 Å². The van der Waals surface area contributed by atoms with Gasteiger partial charge in [-0.2, -0.15) is 0 Å². The summed E-state index contributed by atoms with van der Waals surface area (Å²) in [6.45, 7) is 3.82. The number of urea groups is 1. The Kier molecular flexibility index (Phi) is 5.83. The van der Waals surface area contributed by atoms with Gasteiger partial charge in [-0.05, 0) is 31.5 Å². The van der Waals surface area contributed by atoms with Gasteiger partial charge in [0.2, 0.25) is 5.95 Å². The average molecular weight is 458 g/mol. The third kappa shape index (κ3) is 4.42. The monoisotopic (exact) mass is 458 g/mol. The van der Waals surface area contributed by atoms with E-state index in [1.807, 2.05) is 0 Å². The van der Waals surface area contributed by atoms with Gasteiger partial charge in [0.1, 0.15) is 22.1 Å². The number of carbonyl (C=O) groups excluding carboxylic acids is 2. The molecular weight excluding hydrogens is 438 g/mol. The van der Waals surface area contributed by atoms with Gasteiger partial charge in [-0.15, -0.1) is 11.3 Å². The molecule has 0 atom stereocenters. The zero-order valence-corrected chi connectivity index (χ0v) is 18.2. The molecule has 0 saturated carbocycles. The molecule has 1 saturated heterocycles. The van der Waals surface area contributed by atoms with Crippen molar-refractivity contribution in [1.82, 2.24) is 25.2 Å². The SMILES string of the molecule is CC1(C)C(=O)NC(=O)N1CCNc1ncc(F)c(-c2ncc(Cc3ccc(F)cc3)s2)n1. The molecule has 3 amide bonds. The fourth-order valence-electron chi connectivity index (χ4n) is 3.26. The molecule has 32 heavy (non-hydrogen) atoms. The van der Waals surface area contributed by atoms with Crippen molar-refractivity contribution < 1.29 is 18.4 Å². The molecule has 4 rings (SSSR count). The van der Waals surface area contributed by atoms with E-state index < -0.39 is 17.4 Å². The summed E-state index contributed by atoms with van der Waals surface area (Å²) in [5, 5.41) is 5.63. The molecule has 0 radical (unpaired) electrons. The smallest absolute Gasteiger partial charge is 0.325 e. The standard InChI is InChI=1S/C21H20F2N6O2S/c1-21(2)18(30)28-20(31)29(21)8-7-24-19-26-11-15(23)16(27-19)17-25-10-14(32-17)9-12-3-5-13(22)6-4-12/h3-6,10-11H,7-9H2,1-2H3,(H,24,26,27)(H,28,30,31). The topological polar surface area (TPSA) is 100 Å². The molecule has 1 fully saturated rings. The molecule has 2 N–H and O–H groups in total. The van der Waals surface area contributed by atoms with Crippen LogP contribution in [0, 0.1) is 11.6 Å². The first-order chi connectivity index (χ1) is 15.2. The Balaban J connectivity index is 1.43. The van der Waals surface area contributed by atoms with Crippen LogP contribution in [-0.4, -0.2) is 50.4 Å². The molecule has 0 unspecified atom stereocenters. The second-order valence-electron chi connectivity index (χ2n) is 7.72. The Bertz CT molecular complexity index is 1170. The van der Waals surface area contributed by atoms with Crippen LogP contribution in [0.1, 0.15) is 24.3 Å². The van der Waals surface area contributed by atoms with Crippen LogP contribution in [0.25, 0.3) is 10.7 Å². The molecule has 1 aliphatic heterocycles. The molecular formula is C21H20F2N6O2S. The Morgan fingerprint density at radius 1 is 1.12 bits per heavy atom. The van der Waals surface area contributed by atoms with Crippen LogP contribution in [0.4, 0.5) is 19.5 Å². The van der Waals surface area contributed by atoms with E-state index in [9.17, 15) is 18.4 Å². The van der Waals surface area contributed by atoms with Gasteiger partial charge in [0.25, 0.3) is 5.91 Å². The number of hydrogen-bond donors (Lipinski definition) is 2. The molecule has 11 heteroatoms. The summed E-state index contributed by atoms with van der Waals surface area (Å²) in [6.07, 6.45) is 3.24. The van der Waals surface area contributed by atoms with Crippen molar-refractivity contribution in [3.63, 3.8) is 0 Å². The molecule has 1 aliphatic rings. The van der Waals surface area contributed by atoms with Crippen molar-refractivity contribution in [3.8, 4) is 10.7 Å². The predicted molar refractivity (Wildman–Crippen MR) is 115 cm³/mol. The third-order valence-electron chi connectivity index (χ3n) is 5.11. The summed E-state index contributed by atoms with van der Waals surface area (Å²) in [7, 11) is 0. The maximum atomic E-state index is 14.4. The minimum atomic E-state index is -0.949. The predicted octanol–water partition coefficient (Wildman–Crippen LogP) is 3.21. The lowest BCUT2D eigenvalue weighted by molar-refractivity contribution is -0.125. The van der Waals surface area contributed by atoms with E-state index in [4.69, 9.17) is 0 Å². The number of benzene rings is 1. The molecule has 3 aromatic rings. The Morgan fingerprint density at radius 2 is 1.88 bits per heavy atom. The van der Waals surface area contributed by atoms with Crippen molar-refractivity contribution in [2.75, 3.05) is 18.4 Å². The fourth-order valence-corrected chi connectivity index (χ4v) is 4.20. The van der Waals surface area contributed by atoms with Crippen LogP contribution in [0.5, 0.6) is 0 Å². The number of anilines is 1. The Morgan fingerprint density at radius 3 is 2.56 bits per heavy atom. The van der Waals surface area contributed by atoms with Gasteiger partial charge in [0.05, 0.1) is 6.20 Å². The van der Waals surface area contributed by atoms with Gasteiger partial charge in [0.15, 0.2) is 5.82 Å². The second kappa shape index (κ2) is 8.58. The normalized spacial score (nSPS) is 15.2. The summed E-state index contributed by atoms with van der Waals surface area (Å²) in [6, 6.07) is 5.71. The van der Waals surface area contributed by atoms with Gasteiger partial charge in [-0.25, -0.2) is 28.5 Å². The molecule has 0 spiro atoms. The van der Waals surface area contributed by atoms with E-state index in [1.54, 1.807) is 32.2 Å². The number of carbonyl (C=O) groups is 2. The molecule has 0 bridgehead atoms. The number of nitrogens with one attached hydrogen (secondary N) is 2. The highest BCUT2D eigenvalue weighted by atomic mass is 32.1. The lowest BCUT2D eigenvalue weighted by Gasteiger charge is -2.27. The first kappa shape index (κ1) is 21.8. The molecule has 8 nitrogen and oxygen atoms in total. The molecule has 0 aliphatic carbocycles. The van der Waals surface area contributed by atoms with Crippen molar-refractivity contribution in [1.29, 1.82) is 0 Å². The Labute approximate surface area is 186 Å². The number of rotatable bonds is 7. The quantitative estimate of drug-likeness (QED) is 0.528. The zero-order valence-electron chi connectivity index (χ0n) is 17.4. The number of imide groups is 1. The van der Waals surface area contributed by atoms with Crippen LogP contribution >= 0.6 is 11.3 Å².